The molecule has 0 fully saturated rings. The van der Waals surface area contributed by atoms with E-state index in [0.29, 0.717) is 11.8 Å². The van der Waals surface area contributed by atoms with Crippen molar-refractivity contribution < 1.29 is 9.47 Å². The summed E-state index contributed by atoms with van der Waals surface area (Å²) in [6.07, 6.45) is 1.09. The first-order valence-corrected chi connectivity index (χ1v) is 9.06. The Morgan fingerprint density at radius 3 is 1.76 bits per heavy atom. The van der Waals surface area contributed by atoms with Crippen molar-refractivity contribution in [1.29, 1.82) is 0 Å². The van der Waals surface area contributed by atoms with Gasteiger partial charge in [-0.25, -0.2) is 0 Å². The topological polar surface area (TPSA) is 18.5 Å². The van der Waals surface area contributed by atoms with E-state index in [-0.39, 0.29) is 0 Å². The highest BCUT2D eigenvalue weighted by Crippen LogP contribution is 2.26. The first kappa shape index (κ1) is 21.1. The molecule has 0 heterocycles. The van der Waals surface area contributed by atoms with Crippen molar-refractivity contribution in [2.24, 2.45) is 5.92 Å². The zero-order chi connectivity index (χ0) is 19.0. The zero-order valence-electron chi connectivity index (χ0n) is 17.1. The van der Waals surface area contributed by atoms with Crippen LogP contribution in [0.2, 0.25) is 0 Å². The number of rotatable bonds is 5. The fourth-order valence-electron chi connectivity index (χ4n) is 2.81. The zero-order valence-corrected chi connectivity index (χ0v) is 17.1. The molecule has 25 heavy (non-hydrogen) atoms. The second kappa shape index (κ2) is 10.1. The van der Waals surface area contributed by atoms with Gasteiger partial charge in [0, 0.05) is 0 Å². The molecule has 2 aromatic carbocycles. The van der Waals surface area contributed by atoms with Gasteiger partial charge in [-0.05, 0) is 55.4 Å². The summed E-state index contributed by atoms with van der Waals surface area (Å²) in [5, 5.41) is 0. The average molecular weight is 343 g/mol. The lowest BCUT2D eigenvalue weighted by Gasteiger charge is -2.11. The number of hydrogen-bond acceptors (Lipinski definition) is 2. The van der Waals surface area contributed by atoms with Crippen LogP contribution in [0.15, 0.2) is 36.4 Å². The summed E-state index contributed by atoms with van der Waals surface area (Å²) in [6.45, 7) is 13.0. The Kier molecular flexibility index (Phi) is 8.54. The second-order valence-corrected chi connectivity index (χ2v) is 7.31. The Bertz CT molecular complexity index is 657. The van der Waals surface area contributed by atoms with Gasteiger partial charge in [0.25, 0.3) is 0 Å². The predicted molar refractivity (Wildman–Crippen MR) is 108 cm³/mol. The van der Waals surface area contributed by atoms with Crippen molar-refractivity contribution in [3.8, 4) is 11.5 Å². The van der Waals surface area contributed by atoms with E-state index in [0.717, 1.165) is 17.9 Å². The minimum Gasteiger partial charge on any atom is -0.496 e. The highest BCUT2D eigenvalue weighted by Gasteiger charge is 2.06. The van der Waals surface area contributed by atoms with Crippen LogP contribution < -0.4 is 9.47 Å². The Hall–Kier alpha value is -1.96. The van der Waals surface area contributed by atoms with Crippen LogP contribution in [0, 0.1) is 19.8 Å². The lowest BCUT2D eigenvalue weighted by atomic mass is 10.0. The molecule has 0 saturated carbocycles. The van der Waals surface area contributed by atoms with Crippen LogP contribution in [-0.2, 0) is 6.42 Å². The fraction of sp³-hybridized carbons (Fsp3) is 0.478. The van der Waals surface area contributed by atoms with Crippen LogP contribution in [0.3, 0.4) is 0 Å². The summed E-state index contributed by atoms with van der Waals surface area (Å²) in [7, 11) is 3.45. The Balaban J connectivity index is 0.000000251. The summed E-state index contributed by atoms with van der Waals surface area (Å²) in [5.41, 5.74) is 5.20. The van der Waals surface area contributed by atoms with Gasteiger partial charge in [0.2, 0.25) is 0 Å². The molecular weight excluding hydrogens is 308 g/mol. The van der Waals surface area contributed by atoms with Gasteiger partial charge in [-0.15, -0.1) is 0 Å². The van der Waals surface area contributed by atoms with Gasteiger partial charge >= 0.3 is 0 Å². The van der Waals surface area contributed by atoms with Crippen molar-refractivity contribution in [2.75, 3.05) is 14.2 Å². The van der Waals surface area contributed by atoms with Crippen molar-refractivity contribution >= 4 is 0 Å². The van der Waals surface area contributed by atoms with Gasteiger partial charge < -0.3 is 9.47 Å². The second-order valence-electron chi connectivity index (χ2n) is 7.31. The molecule has 0 radical (unpaired) electrons. The highest BCUT2D eigenvalue weighted by atomic mass is 16.5. The van der Waals surface area contributed by atoms with E-state index < -0.39 is 0 Å². The summed E-state index contributed by atoms with van der Waals surface area (Å²) < 4.78 is 10.6. The van der Waals surface area contributed by atoms with E-state index in [1.807, 2.05) is 12.1 Å². The van der Waals surface area contributed by atoms with Gasteiger partial charge in [-0.3, -0.25) is 0 Å². The largest absolute Gasteiger partial charge is 0.496 e. The van der Waals surface area contributed by atoms with E-state index in [1.165, 1.54) is 22.3 Å². The molecule has 0 spiro atoms. The average Bonchev–Trinajstić information content (AvgIpc) is 2.55. The molecule has 0 aliphatic carbocycles. The van der Waals surface area contributed by atoms with E-state index in [4.69, 9.17) is 9.47 Å². The molecule has 0 bridgehead atoms. The molecule has 2 rings (SSSR count). The molecular formula is C23H34O2. The van der Waals surface area contributed by atoms with E-state index >= 15 is 0 Å². The monoisotopic (exact) mass is 342 g/mol. The number of benzene rings is 2. The number of ether oxygens (including phenoxy) is 2. The van der Waals surface area contributed by atoms with Gasteiger partial charge in [-0.1, -0.05) is 63.1 Å². The molecule has 0 unspecified atom stereocenters. The van der Waals surface area contributed by atoms with Crippen LogP contribution in [0.1, 0.15) is 55.9 Å². The quantitative estimate of drug-likeness (QED) is 0.632. The Morgan fingerprint density at radius 1 is 0.760 bits per heavy atom. The Labute approximate surface area is 154 Å². The van der Waals surface area contributed by atoms with Crippen molar-refractivity contribution in [3.05, 3.63) is 58.7 Å². The van der Waals surface area contributed by atoms with Crippen LogP contribution in [0.4, 0.5) is 0 Å². The molecule has 0 N–H and O–H groups in total. The molecule has 0 atom stereocenters. The molecule has 138 valence electrons. The summed E-state index contributed by atoms with van der Waals surface area (Å²) in [4.78, 5) is 0. The fourth-order valence-corrected chi connectivity index (χ4v) is 2.81. The summed E-state index contributed by atoms with van der Waals surface area (Å²) in [6, 6.07) is 12.6. The van der Waals surface area contributed by atoms with Crippen molar-refractivity contribution in [2.45, 2.75) is 53.9 Å². The van der Waals surface area contributed by atoms with E-state index in [2.05, 4.69) is 65.8 Å². The van der Waals surface area contributed by atoms with Crippen molar-refractivity contribution in [3.63, 3.8) is 0 Å². The smallest absolute Gasteiger partial charge is 0.122 e. The summed E-state index contributed by atoms with van der Waals surface area (Å²) >= 11 is 0. The molecule has 0 amide bonds. The third-order valence-corrected chi connectivity index (χ3v) is 4.07. The lowest BCUT2D eigenvalue weighted by molar-refractivity contribution is 0.406. The van der Waals surface area contributed by atoms with E-state index in [1.54, 1.807) is 14.2 Å². The molecule has 0 saturated heterocycles. The minimum absolute atomic E-state index is 0.528. The van der Waals surface area contributed by atoms with Crippen molar-refractivity contribution in [1.82, 2.24) is 0 Å². The predicted octanol–water partition coefficient (Wildman–Crippen LogP) is 6.33. The number of methoxy groups -OCH3 is 2. The molecule has 0 aromatic heterocycles. The summed E-state index contributed by atoms with van der Waals surface area (Å²) in [5.74, 6) is 3.21. The van der Waals surface area contributed by atoms with Gasteiger partial charge in [0.05, 0.1) is 14.2 Å². The minimum atomic E-state index is 0.528. The van der Waals surface area contributed by atoms with Gasteiger partial charge in [0.1, 0.15) is 11.5 Å². The first-order chi connectivity index (χ1) is 11.8. The number of aryl methyl sites for hydroxylation is 2. The Morgan fingerprint density at radius 2 is 1.28 bits per heavy atom. The van der Waals surface area contributed by atoms with E-state index in [9.17, 15) is 0 Å². The third-order valence-electron chi connectivity index (χ3n) is 4.07. The maximum absolute atomic E-state index is 5.30. The van der Waals surface area contributed by atoms with Gasteiger partial charge in [0.15, 0.2) is 0 Å². The molecule has 0 aliphatic rings. The van der Waals surface area contributed by atoms with Crippen LogP contribution in [-0.4, -0.2) is 14.2 Å². The lowest BCUT2D eigenvalue weighted by Crippen LogP contribution is -1.98. The molecule has 2 nitrogen and oxygen atoms in total. The molecule has 2 aromatic rings. The maximum Gasteiger partial charge on any atom is 0.122 e. The molecule has 0 aliphatic heterocycles. The standard InChI is InChI=1S/C12H18O.C11H16O/c1-9(2)7-11-8-10(3)5-6-12(11)13-4;1-8(2)10-7-9(3)5-6-11(10)12-4/h5-6,8-9H,7H2,1-4H3;5-8H,1-4H3. The normalized spacial score (nSPS) is 10.5. The van der Waals surface area contributed by atoms with Crippen LogP contribution in [0.5, 0.6) is 11.5 Å². The van der Waals surface area contributed by atoms with Crippen LogP contribution in [0.25, 0.3) is 0 Å². The first-order valence-electron chi connectivity index (χ1n) is 9.06. The van der Waals surface area contributed by atoms with Gasteiger partial charge in [-0.2, -0.15) is 0 Å². The number of hydrogen-bond donors (Lipinski definition) is 0. The maximum atomic E-state index is 5.30. The SMILES string of the molecule is COc1ccc(C)cc1C(C)C.COc1ccc(C)cc1CC(C)C. The highest BCUT2D eigenvalue weighted by molar-refractivity contribution is 5.39. The third kappa shape index (κ3) is 6.81. The molecule has 2 heteroatoms. The van der Waals surface area contributed by atoms with Crippen LogP contribution >= 0.6 is 0 Å².